The quantitative estimate of drug-likeness (QED) is 0.259. The number of carbonyl (C=O) groups is 1. The lowest BCUT2D eigenvalue weighted by Crippen LogP contribution is -2.30. The number of unbranched alkanes of at least 4 members (excludes halogenated alkanes) is 2. The Labute approximate surface area is 205 Å². The van der Waals surface area contributed by atoms with E-state index >= 15 is 0 Å². The zero-order chi connectivity index (χ0) is 23.6. The molecule has 0 atom stereocenters. The Kier molecular flexibility index (Phi) is 9.70. The highest BCUT2D eigenvalue weighted by molar-refractivity contribution is 8.18. The maximum absolute atomic E-state index is 13.1. The molecule has 1 fully saturated rings. The lowest BCUT2D eigenvalue weighted by Gasteiger charge is -2.14. The molecule has 1 aliphatic heterocycles. The van der Waals surface area contributed by atoms with E-state index in [0.717, 1.165) is 48.5 Å². The lowest BCUT2D eigenvalue weighted by molar-refractivity contribution is -0.122. The van der Waals surface area contributed by atoms with Crippen LogP contribution in [0.15, 0.2) is 52.4 Å². The van der Waals surface area contributed by atoms with Gasteiger partial charge in [-0.1, -0.05) is 56.5 Å². The molecule has 1 amide bonds. The molecule has 33 heavy (non-hydrogen) atoms. The number of aliphatic imine (C=N–C) groups is 1. The van der Waals surface area contributed by atoms with Gasteiger partial charge in [0.2, 0.25) is 0 Å². The van der Waals surface area contributed by atoms with Crippen LogP contribution in [0.2, 0.25) is 5.02 Å². The van der Waals surface area contributed by atoms with Crippen molar-refractivity contribution in [1.29, 1.82) is 0 Å². The number of carbonyl (C=O) groups excluding carboxylic acids is 1. The van der Waals surface area contributed by atoms with Gasteiger partial charge < -0.3 is 9.47 Å². The number of hydrogen-bond donors (Lipinski definition) is 0. The third-order valence-electron chi connectivity index (χ3n) is 5.18. The summed E-state index contributed by atoms with van der Waals surface area (Å²) in [7, 11) is 1.61. The smallest absolute Gasteiger partial charge is 0.266 e. The van der Waals surface area contributed by atoms with Crippen molar-refractivity contribution in [1.82, 2.24) is 4.90 Å². The first-order chi connectivity index (χ1) is 16.0. The molecule has 1 heterocycles. The van der Waals surface area contributed by atoms with Gasteiger partial charge in [-0.3, -0.25) is 14.7 Å². The summed E-state index contributed by atoms with van der Waals surface area (Å²) in [6.07, 6.45) is 6.00. The Morgan fingerprint density at radius 3 is 2.52 bits per heavy atom. The van der Waals surface area contributed by atoms with Crippen LogP contribution >= 0.6 is 23.4 Å². The summed E-state index contributed by atoms with van der Waals surface area (Å²) in [5, 5.41) is 1.50. The Morgan fingerprint density at radius 1 is 1.06 bits per heavy atom. The van der Waals surface area contributed by atoms with Gasteiger partial charge in [0.1, 0.15) is 6.61 Å². The van der Waals surface area contributed by atoms with Crippen LogP contribution in [-0.2, 0) is 11.4 Å². The molecule has 0 unspecified atom stereocenters. The van der Waals surface area contributed by atoms with E-state index in [1.807, 2.05) is 53.4 Å². The number of amides is 1. The van der Waals surface area contributed by atoms with Crippen molar-refractivity contribution in [2.24, 2.45) is 4.99 Å². The van der Waals surface area contributed by atoms with Crippen molar-refractivity contribution in [3.8, 4) is 11.5 Å². The number of halogens is 1. The maximum atomic E-state index is 13.1. The van der Waals surface area contributed by atoms with Crippen molar-refractivity contribution in [3.05, 3.63) is 63.5 Å². The fourth-order valence-corrected chi connectivity index (χ4v) is 4.41. The molecule has 0 aromatic heterocycles. The predicted octanol–water partition coefficient (Wildman–Crippen LogP) is 6.80. The lowest BCUT2D eigenvalue weighted by atomic mass is 10.1. The number of hydrogen-bond acceptors (Lipinski definition) is 5. The molecule has 7 heteroatoms. The van der Waals surface area contributed by atoms with Gasteiger partial charge in [-0.15, -0.1) is 0 Å². The summed E-state index contributed by atoms with van der Waals surface area (Å²) < 4.78 is 11.5. The number of nitrogens with zero attached hydrogens (tertiary/aromatic N) is 2. The number of rotatable bonds is 11. The molecule has 0 saturated carbocycles. The number of amidine groups is 1. The number of thioether (sulfide) groups is 1. The van der Waals surface area contributed by atoms with Gasteiger partial charge in [-0.25, -0.2) is 0 Å². The molecular formula is C26H31ClN2O3S. The zero-order valence-electron chi connectivity index (χ0n) is 19.5. The van der Waals surface area contributed by atoms with Crippen LogP contribution in [0.3, 0.4) is 0 Å². The fraction of sp³-hybridized carbons (Fsp3) is 0.385. The highest BCUT2D eigenvalue weighted by Gasteiger charge is 2.32. The topological polar surface area (TPSA) is 51.1 Å². The summed E-state index contributed by atoms with van der Waals surface area (Å²) >= 11 is 7.40. The normalized spacial score (nSPS) is 16.1. The molecule has 2 aromatic carbocycles. The Morgan fingerprint density at radius 2 is 1.82 bits per heavy atom. The van der Waals surface area contributed by atoms with Gasteiger partial charge in [0, 0.05) is 18.1 Å². The average molecular weight is 487 g/mol. The van der Waals surface area contributed by atoms with Crippen molar-refractivity contribution < 1.29 is 14.3 Å². The molecule has 0 bridgehead atoms. The van der Waals surface area contributed by atoms with Crippen molar-refractivity contribution in [3.63, 3.8) is 0 Å². The molecule has 0 N–H and O–H groups in total. The van der Waals surface area contributed by atoms with Crippen LogP contribution in [0, 0.1) is 0 Å². The molecule has 3 rings (SSSR count). The summed E-state index contributed by atoms with van der Waals surface area (Å²) in [6.45, 7) is 6.12. The predicted molar refractivity (Wildman–Crippen MR) is 138 cm³/mol. The van der Waals surface area contributed by atoms with Crippen LogP contribution in [0.4, 0.5) is 0 Å². The van der Waals surface area contributed by atoms with Crippen LogP contribution in [-0.4, -0.2) is 36.2 Å². The summed E-state index contributed by atoms with van der Waals surface area (Å²) in [5.41, 5.74) is 1.90. The van der Waals surface area contributed by atoms with E-state index < -0.39 is 0 Å². The molecular weight excluding hydrogens is 456 g/mol. The molecule has 0 radical (unpaired) electrons. The molecule has 2 aromatic rings. The third-order valence-corrected chi connectivity index (χ3v) is 6.47. The first-order valence-electron chi connectivity index (χ1n) is 11.4. The fourth-order valence-electron chi connectivity index (χ4n) is 3.26. The molecule has 176 valence electrons. The van der Waals surface area contributed by atoms with Crippen LogP contribution in [0.25, 0.3) is 6.08 Å². The Balaban J connectivity index is 1.76. The molecule has 1 aliphatic rings. The average Bonchev–Trinajstić information content (AvgIpc) is 3.11. The number of ether oxygens (including phenoxy) is 2. The molecule has 0 aliphatic carbocycles. The van der Waals surface area contributed by atoms with E-state index in [1.165, 1.54) is 11.8 Å². The molecule has 5 nitrogen and oxygen atoms in total. The maximum Gasteiger partial charge on any atom is 0.266 e. The van der Waals surface area contributed by atoms with Crippen molar-refractivity contribution >= 4 is 40.5 Å². The van der Waals surface area contributed by atoms with E-state index in [1.54, 1.807) is 7.11 Å². The van der Waals surface area contributed by atoms with E-state index in [9.17, 15) is 4.79 Å². The summed E-state index contributed by atoms with van der Waals surface area (Å²) in [4.78, 5) is 20.2. The Bertz CT molecular complexity index is 1010. The highest BCUT2D eigenvalue weighted by Crippen LogP contribution is 2.35. The van der Waals surface area contributed by atoms with Gasteiger partial charge in [0.25, 0.3) is 5.91 Å². The number of methoxy groups -OCH3 is 1. The largest absolute Gasteiger partial charge is 0.493 e. The van der Waals surface area contributed by atoms with E-state index in [2.05, 4.69) is 18.8 Å². The Hall–Kier alpha value is -2.44. The van der Waals surface area contributed by atoms with Crippen LogP contribution in [0.5, 0.6) is 11.5 Å². The van der Waals surface area contributed by atoms with Crippen LogP contribution < -0.4 is 9.47 Å². The van der Waals surface area contributed by atoms with Gasteiger partial charge >= 0.3 is 0 Å². The summed E-state index contributed by atoms with van der Waals surface area (Å²) in [6, 6.07) is 13.2. The van der Waals surface area contributed by atoms with E-state index in [-0.39, 0.29) is 5.91 Å². The third kappa shape index (κ3) is 7.02. The van der Waals surface area contributed by atoms with E-state index in [0.29, 0.717) is 34.6 Å². The van der Waals surface area contributed by atoms with Crippen molar-refractivity contribution in [2.75, 3.05) is 20.2 Å². The second kappa shape index (κ2) is 12.7. The molecule has 0 spiro atoms. The number of benzene rings is 2. The first-order valence-corrected chi connectivity index (χ1v) is 12.6. The molecule has 1 saturated heterocycles. The second-order valence-corrected chi connectivity index (χ2v) is 9.21. The SMILES string of the molecule is CCCCN=C1S/C(=C\c2ccc(OCc3ccc(Cl)cc3)c(OC)c2)C(=O)N1CCCC. The minimum absolute atomic E-state index is 0.0192. The van der Waals surface area contributed by atoms with Gasteiger partial charge in [-0.2, -0.15) is 0 Å². The van der Waals surface area contributed by atoms with Gasteiger partial charge in [0.05, 0.1) is 12.0 Å². The van der Waals surface area contributed by atoms with Gasteiger partial charge in [0.15, 0.2) is 16.7 Å². The highest BCUT2D eigenvalue weighted by atomic mass is 35.5. The standard InChI is InChI=1S/C26H31ClN2O3S/c1-4-6-14-28-26-29(15-7-5-2)25(30)24(33-26)17-20-10-13-22(23(16-20)31-3)32-18-19-8-11-21(27)12-9-19/h8-13,16-17H,4-7,14-15,18H2,1-3H3/b24-17-,28-26?. The second-order valence-electron chi connectivity index (χ2n) is 7.76. The monoisotopic (exact) mass is 486 g/mol. The van der Waals surface area contributed by atoms with E-state index in [4.69, 9.17) is 21.1 Å². The minimum atomic E-state index is 0.0192. The minimum Gasteiger partial charge on any atom is -0.493 e. The van der Waals surface area contributed by atoms with Crippen LogP contribution in [0.1, 0.15) is 50.7 Å². The summed E-state index contributed by atoms with van der Waals surface area (Å²) in [5.74, 6) is 1.28. The first kappa shape index (κ1) is 25.2. The zero-order valence-corrected chi connectivity index (χ0v) is 21.0. The van der Waals surface area contributed by atoms with Crippen molar-refractivity contribution in [2.45, 2.75) is 46.1 Å². The van der Waals surface area contributed by atoms with Gasteiger partial charge in [-0.05, 0) is 66.1 Å².